The van der Waals surface area contributed by atoms with E-state index >= 15 is 0 Å². The predicted molar refractivity (Wildman–Crippen MR) is 118 cm³/mol. The van der Waals surface area contributed by atoms with Crippen LogP contribution >= 0.6 is 0 Å². The molecule has 0 aliphatic carbocycles. The van der Waals surface area contributed by atoms with Gasteiger partial charge in [0.2, 0.25) is 6.29 Å². The molecule has 1 aromatic rings. The third-order valence-corrected chi connectivity index (χ3v) is 4.74. The first-order valence-corrected chi connectivity index (χ1v) is 10.5. The lowest BCUT2D eigenvalue weighted by Crippen LogP contribution is -2.67. The zero-order valence-electron chi connectivity index (χ0n) is 20.0. The van der Waals surface area contributed by atoms with E-state index in [9.17, 15) is 39.4 Å². The van der Waals surface area contributed by atoms with E-state index in [-0.39, 0.29) is 5.69 Å². The first kappa shape index (κ1) is 28.9. The van der Waals surface area contributed by atoms with Gasteiger partial charge in [0.15, 0.2) is 12.2 Å². The molecule has 0 aromatic heterocycles. The summed E-state index contributed by atoms with van der Waals surface area (Å²) in [5, 5.41) is 22.4. The van der Waals surface area contributed by atoms with Crippen molar-refractivity contribution < 1.29 is 52.7 Å². The summed E-state index contributed by atoms with van der Waals surface area (Å²) in [6.07, 6.45) is -5.55. The topological polar surface area (TPSA) is 225 Å². The van der Waals surface area contributed by atoms with E-state index in [4.69, 9.17) is 23.7 Å². The molecule has 1 heterocycles. The van der Waals surface area contributed by atoms with Crippen molar-refractivity contribution in [1.82, 2.24) is 5.43 Å². The first-order valence-electron chi connectivity index (χ1n) is 10.5. The van der Waals surface area contributed by atoms with Gasteiger partial charge in [0.25, 0.3) is 0 Å². The fraction of sp³-hybridized carbons (Fsp3) is 0.500. The molecule has 0 amide bonds. The van der Waals surface area contributed by atoms with Crippen LogP contribution in [0, 0.1) is 20.2 Å². The van der Waals surface area contributed by atoms with Crippen LogP contribution in [0.5, 0.6) is 0 Å². The Kier molecular flexibility index (Phi) is 9.78. The fourth-order valence-corrected chi connectivity index (χ4v) is 3.40. The van der Waals surface area contributed by atoms with E-state index in [0.29, 0.717) is 0 Å². The van der Waals surface area contributed by atoms with Gasteiger partial charge in [0.1, 0.15) is 18.8 Å². The quantitative estimate of drug-likeness (QED) is 0.182. The molecule has 37 heavy (non-hydrogen) atoms. The van der Waals surface area contributed by atoms with Crippen molar-refractivity contribution in [2.24, 2.45) is 0 Å². The van der Waals surface area contributed by atoms with Crippen LogP contribution < -0.4 is 10.9 Å². The van der Waals surface area contributed by atoms with Crippen molar-refractivity contribution in [3.8, 4) is 0 Å². The van der Waals surface area contributed by atoms with Gasteiger partial charge in [-0.1, -0.05) is 0 Å². The molecule has 2 rings (SSSR count). The smallest absolute Gasteiger partial charge is 0.348 e. The van der Waals surface area contributed by atoms with Gasteiger partial charge in [0.05, 0.1) is 15.5 Å². The van der Waals surface area contributed by atoms with Crippen LogP contribution in [-0.4, -0.2) is 71.0 Å². The Hall–Kier alpha value is -4.38. The number of hydrogen-bond acceptors (Lipinski definition) is 15. The Bertz CT molecular complexity index is 1080. The molecule has 0 saturated carbocycles. The number of hydrazine groups is 1. The SMILES string of the molecule is CC(=O)OC[C@H]1O[C@@H](OC(C)=O)[C@H](OC(C)=O)[C@@H](NNc2ccc([N+](=O)[O-])c([N+](=O)[O-])c2)[C@@H]1OC(C)=O. The monoisotopic (exact) mass is 528 g/mol. The van der Waals surface area contributed by atoms with E-state index in [1.807, 2.05) is 0 Å². The average Bonchev–Trinajstić information content (AvgIpc) is 2.77. The number of nitro benzene ring substituents is 2. The molecule has 0 radical (unpaired) electrons. The van der Waals surface area contributed by atoms with Crippen LogP contribution in [-0.2, 0) is 42.9 Å². The maximum atomic E-state index is 11.9. The molecule has 17 heteroatoms. The van der Waals surface area contributed by atoms with Gasteiger partial charge in [0, 0.05) is 39.8 Å². The zero-order valence-corrected chi connectivity index (χ0v) is 20.0. The van der Waals surface area contributed by atoms with Crippen molar-refractivity contribution in [1.29, 1.82) is 0 Å². The highest BCUT2D eigenvalue weighted by Crippen LogP contribution is 2.31. The van der Waals surface area contributed by atoms with Crippen LogP contribution in [0.1, 0.15) is 27.7 Å². The number of hydrogen-bond donors (Lipinski definition) is 2. The van der Waals surface area contributed by atoms with E-state index < -0.39 is 82.3 Å². The molecule has 2 N–H and O–H groups in total. The van der Waals surface area contributed by atoms with Gasteiger partial charge < -0.3 is 29.1 Å². The minimum atomic E-state index is -1.56. The standard InChI is InChI=1S/C20H24N4O13/c1-9(25)33-8-16-18(34-10(2)26)17(19(35-11(3)27)20(37-16)36-12(4)28)22-21-13-5-6-14(23(29)30)15(7-13)24(31)32/h5-7,16-22H,8H2,1-4H3/t16-,17+,18-,19-,20-/m1/s1. The summed E-state index contributed by atoms with van der Waals surface area (Å²) in [4.78, 5) is 67.2. The lowest BCUT2D eigenvalue weighted by molar-refractivity contribution is -0.422. The lowest BCUT2D eigenvalue weighted by Gasteiger charge is -2.44. The predicted octanol–water partition coefficient (Wildman–Crippen LogP) is 0.503. The summed E-state index contributed by atoms with van der Waals surface area (Å²) in [5.74, 6) is -3.15. The van der Waals surface area contributed by atoms with Crippen LogP contribution in [0.2, 0.25) is 0 Å². The van der Waals surface area contributed by atoms with E-state index in [2.05, 4.69) is 10.9 Å². The minimum absolute atomic E-state index is 0.0347. The van der Waals surface area contributed by atoms with E-state index in [0.717, 1.165) is 45.9 Å². The van der Waals surface area contributed by atoms with Gasteiger partial charge >= 0.3 is 35.3 Å². The Morgan fingerprint density at radius 1 is 0.865 bits per heavy atom. The van der Waals surface area contributed by atoms with Crippen LogP contribution in [0.15, 0.2) is 18.2 Å². The number of anilines is 1. The highest BCUT2D eigenvalue weighted by Gasteiger charge is 2.51. The Morgan fingerprint density at radius 2 is 1.43 bits per heavy atom. The molecule has 202 valence electrons. The van der Waals surface area contributed by atoms with Crippen LogP contribution in [0.3, 0.4) is 0 Å². The third kappa shape index (κ3) is 8.07. The highest BCUT2D eigenvalue weighted by atomic mass is 16.7. The van der Waals surface area contributed by atoms with E-state index in [1.165, 1.54) is 0 Å². The molecule has 5 atom stereocenters. The number of rotatable bonds is 10. The summed E-state index contributed by atoms with van der Waals surface area (Å²) in [6.45, 7) is 3.85. The van der Waals surface area contributed by atoms with Crippen LogP contribution in [0.25, 0.3) is 0 Å². The third-order valence-electron chi connectivity index (χ3n) is 4.74. The van der Waals surface area contributed by atoms with Crippen molar-refractivity contribution >= 4 is 40.9 Å². The van der Waals surface area contributed by atoms with Gasteiger partial charge in [-0.05, 0) is 6.07 Å². The Labute approximate surface area is 208 Å². The zero-order chi connectivity index (χ0) is 27.9. The molecular weight excluding hydrogens is 504 g/mol. The maximum absolute atomic E-state index is 11.9. The lowest BCUT2D eigenvalue weighted by atomic mass is 9.96. The van der Waals surface area contributed by atoms with Gasteiger partial charge in [-0.2, -0.15) is 0 Å². The van der Waals surface area contributed by atoms with Crippen molar-refractivity contribution in [2.45, 2.75) is 58.3 Å². The molecular formula is C20H24N4O13. The Morgan fingerprint density at radius 3 is 1.95 bits per heavy atom. The summed E-state index contributed by atoms with van der Waals surface area (Å²) in [7, 11) is 0. The number of esters is 4. The maximum Gasteiger partial charge on any atom is 0.348 e. The number of nitro groups is 2. The number of carbonyl (C=O) groups excluding carboxylic acids is 4. The first-order chi connectivity index (χ1) is 17.3. The summed E-state index contributed by atoms with van der Waals surface area (Å²) >= 11 is 0. The second-order valence-electron chi connectivity index (χ2n) is 7.62. The summed E-state index contributed by atoms with van der Waals surface area (Å²) in [6, 6.07) is 1.65. The second-order valence-corrected chi connectivity index (χ2v) is 7.62. The van der Waals surface area contributed by atoms with Gasteiger partial charge in [-0.3, -0.25) is 39.4 Å². The molecule has 0 bridgehead atoms. The van der Waals surface area contributed by atoms with Crippen molar-refractivity contribution in [3.05, 3.63) is 38.4 Å². The number of nitrogens with zero attached hydrogens (tertiary/aromatic N) is 2. The van der Waals surface area contributed by atoms with Crippen molar-refractivity contribution in [2.75, 3.05) is 12.0 Å². The number of nitrogens with one attached hydrogen (secondary N) is 2. The molecule has 1 fully saturated rings. The Balaban J connectivity index is 2.48. The number of carbonyl (C=O) groups is 4. The van der Waals surface area contributed by atoms with Gasteiger partial charge in [-0.15, -0.1) is 0 Å². The summed E-state index contributed by atoms with van der Waals surface area (Å²) in [5.41, 5.74) is 3.65. The molecule has 1 aliphatic heterocycles. The van der Waals surface area contributed by atoms with Crippen molar-refractivity contribution in [3.63, 3.8) is 0 Å². The largest absolute Gasteiger partial charge is 0.463 e. The molecule has 0 unspecified atom stereocenters. The average molecular weight is 528 g/mol. The highest BCUT2D eigenvalue weighted by molar-refractivity contribution is 5.68. The molecule has 1 aromatic carbocycles. The molecule has 1 saturated heterocycles. The van der Waals surface area contributed by atoms with E-state index in [1.54, 1.807) is 0 Å². The molecule has 17 nitrogen and oxygen atoms in total. The fourth-order valence-electron chi connectivity index (χ4n) is 3.40. The number of ether oxygens (including phenoxy) is 5. The second kappa shape index (κ2) is 12.5. The molecule has 0 spiro atoms. The van der Waals surface area contributed by atoms with Crippen LogP contribution in [0.4, 0.5) is 17.1 Å². The minimum Gasteiger partial charge on any atom is -0.463 e. The normalized spacial score (nSPS) is 22.8. The summed E-state index contributed by atoms with van der Waals surface area (Å²) < 4.78 is 26.3. The molecule has 1 aliphatic rings. The van der Waals surface area contributed by atoms with Gasteiger partial charge in [-0.25, -0.2) is 5.43 Å². The number of benzene rings is 1.